The Morgan fingerprint density at radius 1 is 1.31 bits per heavy atom. The van der Waals surface area contributed by atoms with Gasteiger partial charge >= 0.3 is 0 Å². The molecular formula is C13H21NO2. The largest absolute Gasteiger partial charge is 0.396 e. The summed E-state index contributed by atoms with van der Waals surface area (Å²) in [6.45, 7) is 0.185. The number of aliphatic hydroxyl groups excluding tert-OH is 2. The topological polar surface area (TPSA) is 64.2 Å². The fourth-order valence-electron chi connectivity index (χ4n) is 2.37. The number of allylic oxidation sites excluding steroid dienone is 2. The summed E-state index contributed by atoms with van der Waals surface area (Å²) in [6, 6.07) is 2.12. The summed E-state index contributed by atoms with van der Waals surface area (Å²) < 4.78 is 0. The van der Waals surface area contributed by atoms with Gasteiger partial charge in [-0.1, -0.05) is 12.2 Å². The highest BCUT2D eigenvalue weighted by Gasteiger charge is 2.33. The smallest absolute Gasteiger partial charge is 0.0621 e. The predicted octanol–water partition coefficient (Wildman–Crippen LogP) is 2.01. The first-order chi connectivity index (χ1) is 7.79. The summed E-state index contributed by atoms with van der Waals surface area (Å²) in [5, 5.41) is 27.3. The monoisotopic (exact) mass is 223 g/mol. The van der Waals surface area contributed by atoms with E-state index in [1.165, 1.54) is 0 Å². The molecule has 0 aromatic heterocycles. The van der Waals surface area contributed by atoms with Crippen LogP contribution in [0.4, 0.5) is 0 Å². The lowest BCUT2D eigenvalue weighted by Crippen LogP contribution is -2.20. The molecule has 0 saturated heterocycles. The molecule has 1 aliphatic rings. The molecule has 90 valence electrons. The fraction of sp³-hybridized carbons (Fsp3) is 0.769. The van der Waals surface area contributed by atoms with E-state index in [2.05, 4.69) is 18.2 Å². The lowest BCUT2D eigenvalue weighted by atomic mass is 9.92. The van der Waals surface area contributed by atoms with E-state index in [-0.39, 0.29) is 24.5 Å². The summed E-state index contributed by atoms with van der Waals surface area (Å²) in [5.41, 5.74) is 0. The molecule has 0 aromatic carbocycles. The Labute approximate surface area is 97.4 Å². The first-order valence-corrected chi connectivity index (χ1v) is 6.10. The van der Waals surface area contributed by atoms with Crippen LogP contribution < -0.4 is 0 Å². The Morgan fingerprint density at radius 2 is 2.12 bits per heavy atom. The molecular weight excluding hydrogens is 202 g/mol. The van der Waals surface area contributed by atoms with E-state index in [0.29, 0.717) is 6.42 Å². The molecule has 1 aliphatic carbocycles. The van der Waals surface area contributed by atoms with Crippen LogP contribution in [0.15, 0.2) is 12.2 Å². The van der Waals surface area contributed by atoms with Crippen molar-refractivity contribution in [2.75, 3.05) is 6.61 Å². The third kappa shape index (κ3) is 3.96. The molecule has 3 atom stereocenters. The van der Waals surface area contributed by atoms with Gasteiger partial charge in [0.2, 0.25) is 0 Å². The summed E-state index contributed by atoms with van der Waals surface area (Å²) in [4.78, 5) is 0. The van der Waals surface area contributed by atoms with E-state index in [1.54, 1.807) is 0 Å². The molecule has 3 unspecified atom stereocenters. The van der Waals surface area contributed by atoms with Crippen LogP contribution in [-0.2, 0) is 0 Å². The maximum Gasteiger partial charge on any atom is 0.0621 e. The molecule has 0 aromatic rings. The van der Waals surface area contributed by atoms with E-state index < -0.39 is 0 Å². The number of hydrogen-bond acceptors (Lipinski definition) is 3. The summed E-state index contributed by atoms with van der Waals surface area (Å²) in [5.74, 6) is 0.482. The van der Waals surface area contributed by atoms with Gasteiger partial charge in [0.15, 0.2) is 0 Å². The molecule has 3 heteroatoms. The van der Waals surface area contributed by atoms with E-state index in [9.17, 15) is 5.11 Å². The number of hydrogen-bond donors (Lipinski definition) is 2. The molecule has 16 heavy (non-hydrogen) atoms. The standard InChI is InChI=1S/C13H21NO2/c14-9-5-3-1-2-4-6-12-11(10-15)7-8-13(12)16/h2,4,11-13,15-16H,1,3,5-8,10H2. The average molecular weight is 223 g/mol. The molecule has 1 saturated carbocycles. The van der Waals surface area contributed by atoms with Crippen molar-refractivity contribution in [2.45, 2.75) is 44.6 Å². The quantitative estimate of drug-likeness (QED) is 0.534. The van der Waals surface area contributed by atoms with Gasteiger partial charge in [-0.05, 0) is 43.9 Å². The molecule has 0 amide bonds. The van der Waals surface area contributed by atoms with Crippen molar-refractivity contribution < 1.29 is 10.2 Å². The minimum absolute atomic E-state index is 0.185. The van der Waals surface area contributed by atoms with Crippen molar-refractivity contribution in [3.63, 3.8) is 0 Å². The van der Waals surface area contributed by atoms with Crippen LogP contribution in [0.2, 0.25) is 0 Å². The predicted molar refractivity (Wildman–Crippen MR) is 62.5 cm³/mol. The lowest BCUT2D eigenvalue weighted by molar-refractivity contribution is 0.0992. The lowest BCUT2D eigenvalue weighted by Gasteiger charge is -2.18. The van der Waals surface area contributed by atoms with E-state index in [0.717, 1.165) is 32.1 Å². The molecule has 0 bridgehead atoms. The second-order valence-electron chi connectivity index (χ2n) is 4.51. The normalized spacial score (nSPS) is 29.7. The SMILES string of the molecule is N#CCCCC=CCC1C(O)CCC1CO. The Balaban J connectivity index is 2.22. The summed E-state index contributed by atoms with van der Waals surface area (Å²) in [7, 11) is 0. The van der Waals surface area contributed by atoms with Crippen LogP contribution in [0, 0.1) is 23.2 Å². The minimum atomic E-state index is -0.249. The highest BCUT2D eigenvalue weighted by Crippen LogP contribution is 2.34. The van der Waals surface area contributed by atoms with Crippen molar-refractivity contribution in [3.05, 3.63) is 12.2 Å². The Morgan fingerprint density at radius 3 is 2.81 bits per heavy atom. The van der Waals surface area contributed by atoms with E-state index in [4.69, 9.17) is 10.4 Å². The van der Waals surface area contributed by atoms with Gasteiger partial charge in [-0.15, -0.1) is 0 Å². The van der Waals surface area contributed by atoms with Crippen molar-refractivity contribution in [1.29, 1.82) is 5.26 Å². The Bertz CT molecular complexity index is 257. The zero-order valence-corrected chi connectivity index (χ0v) is 9.68. The van der Waals surface area contributed by atoms with Crippen LogP contribution in [0.1, 0.15) is 38.5 Å². The fourth-order valence-corrected chi connectivity index (χ4v) is 2.37. The molecule has 1 fully saturated rings. The average Bonchev–Trinajstić information content (AvgIpc) is 2.65. The highest BCUT2D eigenvalue weighted by atomic mass is 16.3. The Kier molecular flexibility index (Phi) is 6.14. The van der Waals surface area contributed by atoms with Crippen LogP contribution in [0.25, 0.3) is 0 Å². The molecule has 3 nitrogen and oxygen atoms in total. The van der Waals surface area contributed by atoms with Gasteiger partial charge in [-0.2, -0.15) is 5.26 Å². The van der Waals surface area contributed by atoms with E-state index >= 15 is 0 Å². The number of rotatable bonds is 6. The number of nitriles is 1. The van der Waals surface area contributed by atoms with Gasteiger partial charge in [-0.25, -0.2) is 0 Å². The molecule has 1 rings (SSSR count). The van der Waals surface area contributed by atoms with Gasteiger partial charge in [0.25, 0.3) is 0 Å². The van der Waals surface area contributed by atoms with Crippen LogP contribution in [0.3, 0.4) is 0 Å². The molecule has 2 N–H and O–H groups in total. The van der Waals surface area contributed by atoms with Crippen LogP contribution in [-0.4, -0.2) is 22.9 Å². The summed E-state index contributed by atoms with van der Waals surface area (Å²) >= 11 is 0. The Hall–Kier alpha value is -0.850. The first kappa shape index (κ1) is 13.2. The van der Waals surface area contributed by atoms with Crippen molar-refractivity contribution in [3.8, 4) is 6.07 Å². The second-order valence-corrected chi connectivity index (χ2v) is 4.51. The van der Waals surface area contributed by atoms with E-state index in [1.807, 2.05) is 0 Å². The zero-order valence-electron chi connectivity index (χ0n) is 9.68. The summed E-state index contributed by atoms with van der Waals surface area (Å²) in [6.07, 6.45) is 8.96. The van der Waals surface area contributed by atoms with Crippen molar-refractivity contribution >= 4 is 0 Å². The maximum absolute atomic E-state index is 9.74. The molecule has 0 spiro atoms. The van der Waals surface area contributed by atoms with Crippen molar-refractivity contribution in [2.24, 2.45) is 11.8 Å². The molecule has 0 heterocycles. The third-order valence-corrected chi connectivity index (χ3v) is 3.40. The van der Waals surface area contributed by atoms with Crippen LogP contribution in [0.5, 0.6) is 0 Å². The highest BCUT2D eigenvalue weighted by molar-refractivity contribution is 4.92. The first-order valence-electron chi connectivity index (χ1n) is 6.10. The van der Waals surface area contributed by atoms with Crippen LogP contribution >= 0.6 is 0 Å². The second kappa shape index (κ2) is 7.43. The molecule has 0 radical (unpaired) electrons. The number of unbranched alkanes of at least 4 members (excludes halogenated alkanes) is 2. The van der Waals surface area contributed by atoms with Gasteiger partial charge in [-0.3, -0.25) is 0 Å². The van der Waals surface area contributed by atoms with Gasteiger partial charge in [0.05, 0.1) is 12.2 Å². The van der Waals surface area contributed by atoms with Gasteiger partial charge in [0, 0.05) is 13.0 Å². The van der Waals surface area contributed by atoms with Gasteiger partial charge < -0.3 is 10.2 Å². The number of aliphatic hydroxyl groups is 2. The third-order valence-electron chi connectivity index (χ3n) is 3.40. The van der Waals surface area contributed by atoms with Gasteiger partial charge in [0.1, 0.15) is 0 Å². The zero-order chi connectivity index (χ0) is 11.8. The minimum Gasteiger partial charge on any atom is -0.396 e. The number of nitrogens with zero attached hydrogens (tertiary/aromatic N) is 1. The maximum atomic E-state index is 9.74. The molecule has 0 aliphatic heterocycles. The van der Waals surface area contributed by atoms with Crippen molar-refractivity contribution in [1.82, 2.24) is 0 Å².